The molecule has 0 radical (unpaired) electrons. The number of fused-ring (bicyclic) bond motifs is 3. The first-order chi connectivity index (χ1) is 13.3. The highest BCUT2D eigenvalue weighted by Crippen LogP contribution is 2.35. The van der Waals surface area contributed by atoms with Gasteiger partial charge in [0.25, 0.3) is 5.56 Å². The Morgan fingerprint density at radius 3 is 2.48 bits per heavy atom. The van der Waals surface area contributed by atoms with Crippen molar-refractivity contribution in [1.29, 1.82) is 0 Å². The number of nitrogens with one attached hydrogen (secondary N) is 1. The minimum Gasteiger partial charge on any atom is -0.358 e. The highest BCUT2D eigenvalue weighted by molar-refractivity contribution is 5.76. The van der Waals surface area contributed by atoms with Gasteiger partial charge in [-0.25, -0.2) is 4.68 Å². The van der Waals surface area contributed by atoms with Crippen LogP contribution < -0.4 is 10.9 Å². The van der Waals surface area contributed by atoms with Crippen LogP contribution in [0.5, 0.6) is 0 Å². The fourth-order valence-electron chi connectivity index (χ4n) is 3.29. The van der Waals surface area contributed by atoms with Gasteiger partial charge in [0, 0.05) is 23.0 Å². The molecule has 0 fully saturated rings. The summed E-state index contributed by atoms with van der Waals surface area (Å²) in [6.45, 7) is 0. The second kappa shape index (κ2) is 6.17. The van der Waals surface area contributed by atoms with E-state index in [4.69, 9.17) is 0 Å². The lowest BCUT2D eigenvalue weighted by atomic mass is 10.1. The van der Waals surface area contributed by atoms with Gasteiger partial charge in [-0.2, -0.15) is 10.1 Å². The SMILES string of the molecule is O=c1nc2n(nc1-c1ccccc1)[C@H](c1ccccn1)Nc1ccccc1-2. The molecule has 5 rings (SSSR count). The van der Waals surface area contributed by atoms with Crippen molar-refractivity contribution < 1.29 is 0 Å². The molecule has 0 saturated carbocycles. The molecule has 2 aromatic carbocycles. The van der Waals surface area contributed by atoms with E-state index in [0.29, 0.717) is 11.5 Å². The molecule has 0 aliphatic carbocycles. The summed E-state index contributed by atoms with van der Waals surface area (Å²) in [5.41, 5.74) is 3.25. The molecule has 0 amide bonds. The minimum absolute atomic E-state index is 0.321. The number of hydrogen-bond donors (Lipinski definition) is 1. The van der Waals surface area contributed by atoms with Crippen molar-refractivity contribution in [3.8, 4) is 22.6 Å². The predicted octanol–water partition coefficient (Wildman–Crippen LogP) is 3.34. The standard InChI is InChI=1S/C21H15N5O/c27-21-18(14-8-2-1-3-9-14)25-26-19(24-21)15-10-4-5-11-16(15)23-20(26)17-12-6-7-13-22-17/h1-13,20,23H/t20-/m1/s1. The van der Waals surface area contributed by atoms with Gasteiger partial charge in [-0.05, 0) is 24.3 Å². The molecular formula is C21H15N5O. The number of benzene rings is 2. The summed E-state index contributed by atoms with van der Waals surface area (Å²) >= 11 is 0. The van der Waals surface area contributed by atoms with Gasteiger partial charge in [0.05, 0.1) is 5.69 Å². The zero-order chi connectivity index (χ0) is 18.2. The van der Waals surface area contributed by atoms with Crippen molar-refractivity contribution in [1.82, 2.24) is 19.7 Å². The molecule has 0 unspecified atom stereocenters. The van der Waals surface area contributed by atoms with Gasteiger partial charge in [0.15, 0.2) is 17.7 Å². The van der Waals surface area contributed by atoms with Gasteiger partial charge in [0.1, 0.15) is 0 Å². The quantitative estimate of drug-likeness (QED) is 0.598. The molecular weight excluding hydrogens is 338 g/mol. The molecule has 27 heavy (non-hydrogen) atoms. The van der Waals surface area contributed by atoms with E-state index in [9.17, 15) is 4.79 Å². The minimum atomic E-state index is -0.355. The van der Waals surface area contributed by atoms with Crippen LogP contribution in [0.3, 0.4) is 0 Å². The first-order valence-electron chi connectivity index (χ1n) is 8.64. The zero-order valence-electron chi connectivity index (χ0n) is 14.3. The monoisotopic (exact) mass is 353 g/mol. The Kier molecular flexibility index (Phi) is 3.53. The number of rotatable bonds is 2. The number of nitrogens with zero attached hydrogens (tertiary/aromatic N) is 4. The molecule has 6 heteroatoms. The molecule has 6 nitrogen and oxygen atoms in total. The van der Waals surface area contributed by atoms with Crippen molar-refractivity contribution in [2.24, 2.45) is 0 Å². The third-order valence-electron chi connectivity index (χ3n) is 4.55. The first kappa shape index (κ1) is 15.5. The molecule has 1 atom stereocenters. The number of hydrogen-bond acceptors (Lipinski definition) is 5. The summed E-state index contributed by atoms with van der Waals surface area (Å²) in [6.07, 6.45) is 1.39. The Labute approximate surface area is 155 Å². The lowest BCUT2D eigenvalue weighted by Crippen LogP contribution is -2.32. The van der Waals surface area contributed by atoms with E-state index in [1.807, 2.05) is 72.8 Å². The zero-order valence-corrected chi connectivity index (χ0v) is 14.3. The molecule has 1 aliphatic heterocycles. The van der Waals surface area contributed by atoms with Gasteiger partial charge in [-0.3, -0.25) is 9.78 Å². The van der Waals surface area contributed by atoms with Crippen molar-refractivity contribution >= 4 is 5.69 Å². The Hall–Kier alpha value is -3.80. The van der Waals surface area contributed by atoms with E-state index < -0.39 is 0 Å². The number of aromatic nitrogens is 4. The molecule has 3 heterocycles. The normalized spacial score (nSPS) is 14.7. The number of anilines is 1. The molecule has 1 N–H and O–H groups in total. The predicted molar refractivity (Wildman–Crippen MR) is 103 cm³/mol. The van der Waals surface area contributed by atoms with E-state index in [1.54, 1.807) is 10.9 Å². The summed E-state index contributed by atoms with van der Waals surface area (Å²) in [4.78, 5) is 21.6. The Bertz CT molecular complexity index is 1170. The highest BCUT2D eigenvalue weighted by Gasteiger charge is 2.28. The lowest BCUT2D eigenvalue weighted by molar-refractivity contribution is 0.538. The smallest absolute Gasteiger partial charge is 0.300 e. The van der Waals surface area contributed by atoms with Gasteiger partial charge in [-0.15, -0.1) is 0 Å². The van der Waals surface area contributed by atoms with Gasteiger partial charge >= 0.3 is 0 Å². The maximum Gasteiger partial charge on any atom is 0.300 e. The van der Waals surface area contributed by atoms with Crippen molar-refractivity contribution in [3.05, 3.63) is 95.0 Å². The van der Waals surface area contributed by atoms with Crippen molar-refractivity contribution in [2.75, 3.05) is 5.32 Å². The van der Waals surface area contributed by atoms with Crippen LogP contribution in [0.1, 0.15) is 11.9 Å². The van der Waals surface area contributed by atoms with E-state index in [0.717, 1.165) is 22.5 Å². The van der Waals surface area contributed by atoms with Crippen LogP contribution in [0.25, 0.3) is 22.6 Å². The Morgan fingerprint density at radius 2 is 1.67 bits per heavy atom. The summed E-state index contributed by atoms with van der Waals surface area (Å²) in [5, 5.41) is 8.14. The lowest BCUT2D eigenvalue weighted by Gasteiger charge is -2.29. The third kappa shape index (κ3) is 2.58. The summed E-state index contributed by atoms with van der Waals surface area (Å²) in [7, 11) is 0. The van der Waals surface area contributed by atoms with Gasteiger partial charge in [0.2, 0.25) is 0 Å². The molecule has 1 aliphatic rings. The maximum absolute atomic E-state index is 12.7. The Balaban J connectivity index is 1.78. The third-order valence-corrected chi connectivity index (χ3v) is 4.55. The molecule has 2 aromatic heterocycles. The second-order valence-corrected chi connectivity index (χ2v) is 6.25. The van der Waals surface area contributed by atoms with Crippen LogP contribution in [-0.2, 0) is 0 Å². The van der Waals surface area contributed by atoms with Crippen molar-refractivity contribution in [3.63, 3.8) is 0 Å². The van der Waals surface area contributed by atoms with E-state index in [-0.39, 0.29) is 11.7 Å². The Morgan fingerprint density at radius 1 is 0.889 bits per heavy atom. The summed E-state index contributed by atoms with van der Waals surface area (Å²) in [6, 6.07) is 22.9. The molecule has 130 valence electrons. The molecule has 0 saturated heterocycles. The summed E-state index contributed by atoms with van der Waals surface area (Å²) in [5.74, 6) is 0.532. The van der Waals surface area contributed by atoms with Crippen LogP contribution in [0.4, 0.5) is 5.69 Å². The van der Waals surface area contributed by atoms with Gasteiger partial charge in [-0.1, -0.05) is 48.5 Å². The average Bonchev–Trinajstić information content (AvgIpc) is 2.74. The maximum atomic E-state index is 12.7. The van der Waals surface area contributed by atoms with Crippen LogP contribution in [0.2, 0.25) is 0 Å². The number of para-hydroxylation sites is 1. The van der Waals surface area contributed by atoms with E-state index in [1.165, 1.54) is 0 Å². The largest absolute Gasteiger partial charge is 0.358 e. The average molecular weight is 353 g/mol. The fraction of sp³-hybridized carbons (Fsp3) is 0.0476. The van der Waals surface area contributed by atoms with Crippen LogP contribution in [-0.4, -0.2) is 19.7 Å². The van der Waals surface area contributed by atoms with Crippen LogP contribution >= 0.6 is 0 Å². The van der Waals surface area contributed by atoms with Gasteiger partial charge < -0.3 is 5.32 Å². The summed E-state index contributed by atoms with van der Waals surface area (Å²) < 4.78 is 1.74. The molecule has 4 aromatic rings. The second-order valence-electron chi connectivity index (χ2n) is 6.25. The van der Waals surface area contributed by atoms with Crippen molar-refractivity contribution in [2.45, 2.75) is 6.17 Å². The first-order valence-corrected chi connectivity index (χ1v) is 8.64. The molecule has 0 bridgehead atoms. The fourth-order valence-corrected chi connectivity index (χ4v) is 3.29. The van der Waals surface area contributed by atoms with E-state index in [2.05, 4.69) is 20.4 Å². The topological polar surface area (TPSA) is 72.7 Å². The molecule has 0 spiro atoms. The van der Waals surface area contributed by atoms with Crippen LogP contribution in [0, 0.1) is 0 Å². The number of pyridine rings is 1. The highest BCUT2D eigenvalue weighted by atomic mass is 16.1. The van der Waals surface area contributed by atoms with E-state index >= 15 is 0 Å². The van der Waals surface area contributed by atoms with Crippen LogP contribution in [0.15, 0.2) is 83.8 Å².